The van der Waals surface area contributed by atoms with Crippen molar-refractivity contribution in [2.24, 2.45) is 22.6 Å². The zero-order valence-corrected chi connectivity index (χ0v) is 19.5. The maximum absolute atomic E-state index is 12.9. The highest BCUT2D eigenvalue weighted by molar-refractivity contribution is 7.89. The van der Waals surface area contributed by atoms with E-state index in [9.17, 15) is 13.2 Å². The van der Waals surface area contributed by atoms with Crippen molar-refractivity contribution in [3.05, 3.63) is 37.7 Å². The second-order valence-corrected chi connectivity index (χ2v) is 11.8. The van der Waals surface area contributed by atoms with Gasteiger partial charge in [-0.1, -0.05) is 25.4 Å². The van der Waals surface area contributed by atoms with Crippen molar-refractivity contribution in [1.29, 1.82) is 5.41 Å². The number of nitrogens with two attached hydrogens (primary N) is 1. The third kappa shape index (κ3) is 5.27. The van der Waals surface area contributed by atoms with Gasteiger partial charge in [-0.2, -0.15) is 9.30 Å². The summed E-state index contributed by atoms with van der Waals surface area (Å²) in [5.74, 6) is -0.475. The standard InChI is InChI=1S/C18H21ClN4O4S3/c1-10-5-11(2)8-23(7-10)30(25,26)12-6-14(28-9-12)17(24)22-18(21)27-16(20)13-3-4-15(19)29-13/h3-4,6,9-11,20H,5,7-8H2,1-2H3,(H2,21,22,24)/t10-,11+. The summed E-state index contributed by atoms with van der Waals surface area (Å²) in [5.41, 5.74) is 5.61. The minimum absolute atomic E-state index is 0.0628. The smallest absolute Gasteiger partial charge is 0.297 e. The lowest BCUT2D eigenvalue weighted by Crippen LogP contribution is -2.42. The quantitative estimate of drug-likeness (QED) is 0.502. The van der Waals surface area contributed by atoms with Crippen molar-refractivity contribution < 1.29 is 17.9 Å². The summed E-state index contributed by atoms with van der Waals surface area (Å²) in [6.07, 6.45) is 0.986. The maximum atomic E-state index is 12.9. The molecule has 0 radical (unpaired) electrons. The van der Waals surface area contributed by atoms with Gasteiger partial charge in [0.25, 0.3) is 11.9 Å². The number of hydrogen-bond acceptors (Lipinski definition) is 7. The first-order valence-corrected chi connectivity index (χ1v) is 12.6. The summed E-state index contributed by atoms with van der Waals surface area (Å²) in [4.78, 5) is 16.6. The van der Waals surface area contributed by atoms with Crippen molar-refractivity contribution in [1.82, 2.24) is 4.31 Å². The van der Waals surface area contributed by atoms with Crippen LogP contribution in [0.1, 0.15) is 34.8 Å². The highest BCUT2D eigenvalue weighted by atomic mass is 35.5. The fourth-order valence-electron chi connectivity index (χ4n) is 3.29. The summed E-state index contributed by atoms with van der Waals surface area (Å²) in [5, 5.41) is 9.25. The zero-order valence-electron chi connectivity index (χ0n) is 16.3. The van der Waals surface area contributed by atoms with Gasteiger partial charge in [0.1, 0.15) is 0 Å². The maximum Gasteiger partial charge on any atom is 0.297 e. The fraction of sp³-hybridized carbons (Fsp3) is 0.389. The number of nitrogens with zero attached hydrogens (tertiary/aromatic N) is 2. The molecule has 12 heteroatoms. The van der Waals surface area contributed by atoms with Crippen LogP contribution in [0.25, 0.3) is 0 Å². The molecule has 0 spiro atoms. The molecule has 162 valence electrons. The lowest BCUT2D eigenvalue weighted by molar-refractivity contribution is 0.100. The number of ether oxygens (including phenoxy) is 1. The Kier molecular flexibility index (Phi) is 6.98. The SMILES string of the molecule is C[C@@H]1C[C@H](C)CN(S(=O)(=O)c2csc(C(=O)N=C(N)OC(=N)c3ccc(Cl)s3)c2)C1. The van der Waals surface area contributed by atoms with Gasteiger partial charge in [0.05, 0.1) is 19.0 Å². The molecule has 0 saturated carbocycles. The number of piperidine rings is 1. The lowest BCUT2D eigenvalue weighted by atomic mass is 9.94. The number of hydrogen-bond donors (Lipinski definition) is 2. The van der Waals surface area contributed by atoms with E-state index >= 15 is 0 Å². The largest absolute Gasteiger partial charge is 0.406 e. The van der Waals surface area contributed by atoms with E-state index in [1.165, 1.54) is 15.8 Å². The van der Waals surface area contributed by atoms with Crippen LogP contribution in [0.3, 0.4) is 0 Å². The van der Waals surface area contributed by atoms with Crippen LogP contribution in [0.15, 0.2) is 33.5 Å². The fourth-order valence-corrected chi connectivity index (χ4v) is 7.04. The molecule has 1 fully saturated rings. The van der Waals surface area contributed by atoms with Gasteiger partial charge in [0.2, 0.25) is 15.9 Å². The molecule has 0 aliphatic carbocycles. The number of rotatable bonds is 4. The summed E-state index contributed by atoms with van der Waals surface area (Å²) in [6, 6.07) is 3.98. The number of carbonyl (C=O) groups excluding carboxylic acids is 1. The molecule has 1 aliphatic rings. The summed E-state index contributed by atoms with van der Waals surface area (Å²) in [6.45, 7) is 4.97. The first-order valence-electron chi connectivity index (χ1n) is 9.05. The van der Waals surface area contributed by atoms with Crippen molar-refractivity contribution in [2.45, 2.75) is 25.2 Å². The minimum atomic E-state index is -3.69. The van der Waals surface area contributed by atoms with E-state index in [1.54, 1.807) is 12.1 Å². The predicted molar refractivity (Wildman–Crippen MR) is 119 cm³/mol. The normalized spacial score (nSPS) is 20.8. The number of aliphatic imine (C=N–C) groups is 1. The first kappa shape index (κ1) is 22.9. The molecule has 0 bridgehead atoms. The Morgan fingerprint density at radius 2 is 1.97 bits per heavy atom. The number of sulfonamides is 1. The van der Waals surface area contributed by atoms with Gasteiger partial charge in [-0.15, -0.1) is 22.7 Å². The Bertz CT molecular complexity index is 1080. The van der Waals surface area contributed by atoms with E-state index in [2.05, 4.69) is 4.99 Å². The molecule has 0 unspecified atom stereocenters. The highest BCUT2D eigenvalue weighted by Crippen LogP contribution is 2.29. The van der Waals surface area contributed by atoms with Gasteiger partial charge >= 0.3 is 0 Å². The topological polar surface area (TPSA) is 126 Å². The number of carbonyl (C=O) groups is 1. The van der Waals surface area contributed by atoms with Gasteiger partial charge in [0, 0.05) is 18.5 Å². The van der Waals surface area contributed by atoms with Crippen molar-refractivity contribution in [3.63, 3.8) is 0 Å². The molecular weight excluding hydrogens is 468 g/mol. The van der Waals surface area contributed by atoms with Crippen LogP contribution < -0.4 is 5.73 Å². The van der Waals surface area contributed by atoms with E-state index in [-0.39, 0.29) is 27.5 Å². The number of nitrogens with one attached hydrogen (secondary N) is 1. The van der Waals surface area contributed by atoms with Crippen LogP contribution in [-0.4, -0.2) is 43.6 Å². The van der Waals surface area contributed by atoms with Gasteiger partial charge in [-0.25, -0.2) is 8.42 Å². The molecule has 2 atom stereocenters. The second-order valence-electron chi connectivity index (χ2n) is 7.20. The molecule has 3 N–H and O–H groups in total. The molecule has 1 aliphatic heterocycles. The van der Waals surface area contributed by atoms with Gasteiger partial charge < -0.3 is 10.5 Å². The summed E-state index contributed by atoms with van der Waals surface area (Å²) >= 11 is 7.91. The van der Waals surface area contributed by atoms with Crippen LogP contribution in [0, 0.1) is 17.2 Å². The lowest BCUT2D eigenvalue weighted by Gasteiger charge is -2.33. The van der Waals surface area contributed by atoms with E-state index in [4.69, 9.17) is 27.5 Å². The molecule has 1 amide bonds. The van der Waals surface area contributed by atoms with E-state index in [0.29, 0.717) is 22.3 Å². The second kappa shape index (κ2) is 9.15. The zero-order chi connectivity index (χ0) is 22.1. The van der Waals surface area contributed by atoms with Gasteiger partial charge in [0.15, 0.2) is 0 Å². The first-order chi connectivity index (χ1) is 14.1. The van der Waals surface area contributed by atoms with Crippen LogP contribution in [0.2, 0.25) is 4.34 Å². The van der Waals surface area contributed by atoms with Crippen molar-refractivity contribution in [2.75, 3.05) is 13.1 Å². The van der Waals surface area contributed by atoms with Crippen LogP contribution >= 0.6 is 34.3 Å². The number of amidine groups is 1. The van der Waals surface area contributed by atoms with Crippen LogP contribution in [-0.2, 0) is 14.8 Å². The monoisotopic (exact) mass is 488 g/mol. The minimum Gasteiger partial charge on any atom is -0.406 e. The van der Waals surface area contributed by atoms with Gasteiger partial charge in [-0.3, -0.25) is 10.2 Å². The molecule has 2 aromatic rings. The van der Waals surface area contributed by atoms with Gasteiger partial charge in [-0.05, 0) is 36.5 Å². The number of thiophene rings is 2. The molecule has 30 heavy (non-hydrogen) atoms. The van der Waals surface area contributed by atoms with E-state index in [0.717, 1.165) is 29.1 Å². The Labute approximate surface area is 187 Å². The molecule has 3 rings (SSSR count). The Hall–Kier alpha value is -1.79. The Morgan fingerprint density at radius 3 is 2.57 bits per heavy atom. The summed E-state index contributed by atoms with van der Waals surface area (Å²) < 4.78 is 32.9. The molecule has 8 nitrogen and oxygen atoms in total. The molecule has 2 aromatic heterocycles. The average molecular weight is 489 g/mol. The van der Waals surface area contributed by atoms with E-state index < -0.39 is 22.0 Å². The Balaban J connectivity index is 1.71. The van der Waals surface area contributed by atoms with Crippen LogP contribution in [0.5, 0.6) is 0 Å². The highest BCUT2D eigenvalue weighted by Gasteiger charge is 2.32. The average Bonchev–Trinajstić information content (AvgIpc) is 3.30. The Morgan fingerprint density at radius 1 is 1.30 bits per heavy atom. The predicted octanol–water partition coefficient (Wildman–Crippen LogP) is 3.63. The molecular formula is C18H21ClN4O4S3. The molecule has 3 heterocycles. The number of amides is 1. The van der Waals surface area contributed by atoms with Crippen LogP contribution in [0.4, 0.5) is 0 Å². The van der Waals surface area contributed by atoms with E-state index in [1.807, 2.05) is 13.8 Å². The molecule has 1 saturated heterocycles. The van der Waals surface area contributed by atoms with Crippen molar-refractivity contribution >= 4 is 62.1 Å². The third-order valence-electron chi connectivity index (χ3n) is 4.47. The summed E-state index contributed by atoms with van der Waals surface area (Å²) in [7, 11) is -3.69. The number of halogens is 1. The molecule has 0 aromatic carbocycles. The van der Waals surface area contributed by atoms with Crippen molar-refractivity contribution in [3.8, 4) is 0 Å². The third-order valence-corrected chi connectivity index (χ3v) is 8.58.